The zero-order valence-corrected chi connectivity index (χ0v) is 12.1. The maximum atomic E-state index is 11.9. The number of nitrogens with one attached hydrogen (secondary N) is 1. The number of para-hydroxylation sites is 1. The normalized spacial score (nSPS) is 10.2. The van der Waals surface area contributed by atoms with Gasteiger partial charge in [-0.25, -0.2) is 0 Å². The highest BCUT2D eigenvalue weighted by Gasteiger charge is 2.09. The highest BCUT2D eigenvalue weighted by atomic mass is 16.5. The van der Waals surface area contributed by atoms with Crippen LogP contribution in [0.1, 0.15) is 17.0 Å². The van der Waals surface area contributed by atoms with Gasteiger partial charge in [0.25, 0.3) is 5.91 Å². The predicted molar refractivity (Wildman–Crippen MR) is 80.2 cm³/mol. The van der Waals surface area contributed by atoms with Crippen LogP contribution in [0.25, 0.3) is 0 Å². The lowest BCUT2D eigenvalue weighted by Gasteiger charge is -2.11. The largest absolute Gasteiger partial charge is 0.482 e. The smallest absolute Gasteiger partial charge is 0.262 e. The Kier molecular flexibility index (Phi) is 4.90. The van der Waals surface area contributed by atoms with Gasteiger partial charge in [0.2, 0.25) is 0 Å². The Morgan fingerprint density at radius 3 is 2.71 bits per heavy atom. The Hall–Kier alpha value is -2.40. The van der Waals surface area contributed by atoms with Gasteiger partial charge in [-0.2, -0.15) is 0 Å². The van der Waals surface area contributed by atoms with E-state index in [1.54, 1.807) is 12.1 Å². The van der Waals surface area contributed by atoms with E-state index in [4.69, 9.17) is 4.74 Å². The molecule has 0 saturated carbocycles. The minimum Gasteiger partial charge on any atom is -0.482 e. The second-order valence-corrected chi connectivity index (χ2v) is 4.71. The van der Waals surface area contributed by atoms with E-state index in [-0.39, 0.29) is 19.1 Å². The van der Waals surface area contributed by atoms with Gasteiger partial charge in [0.15, 0.2) is 6.61 Å². The number of carbonyl (C=O) groups is 1. The fraction of sp³-hybridized carbons (Fsp3) is 0.250. The number of ether oxygens (including phenoxy) is 1. The first-order valence-electron chi connectivity index (χ1n) is 6.66. The zero-order valence-electron chi connectivity index (χ0n) is 12.1. The maximum Gasteiger partial charge on any atom is 0.262 e. The van der Waals surface area contributed by atoms with Crippen molar-refractivity contribution >= 4 is 11.6 Å². The molecule has 1 heterocycles. The van der Waals surface area contributed by atoms with Crippen molar-refractivity contribution in [2.75, 3.05) is 11.9 Å². The van der Waals surface area contributed by atoms with E-state index in [1.165, 1.54) is 0 Å². The van der Waals surface area contributed by atoms with Gasteiger partial charge in [-0.15, -0.1) is 0 Å². The van der Waals surface area contributed by atoms with Crippen LogP contribution >= 0.6 is 0 Å². The van der Waals surface area contributed by atoms with Gasteiger partial charge in [0.1, 0.15) is 11.4 Å². The van der Waals surface area contributed by atoms with Crippen molar-refractivity contribution in [2.24, 2.45) is 0 Å². The molecule has 0 atom stereocenters. The van der Waals surface area contributed by atoms with E-state index in [1.807, 2.05) is 38.1 Å². The van der Waals surface area contributed by atoms with Gasteiger partial charge < -0.3 is 15.2 Å². The molecule has 1 amide bonds. The Balaban J connectivity index is 1.97. The fourth-order valence-electron chi connectivity index (χ4n) is 1.89. The number of amides is 1. The predicted octanol–water partition coefficient (Wildman–Crippen LogP) is 2.21. The molecule has 5 heteroatoms. The number of anilines is 1. The van der Waals surface area contributed by atoms with E-state index in [9.17, 15) is 9.90 Å². The minimum atomic E-state index is -0.256. The van der Waals surface area contributed by atoms with Crippen LogP contribution in [0.2, 0.25) is 0 Å². The molecule has 0 saturated heterocycles. The molecule has 21 heavy (non-hydrogen) atoms. The van der Waals surface area contributed by atoms with Gasteiger partial charge in [0, 0.05) is 11.4 Å². The first kappa shape index (κ1) is 15.0. The van der Waals surface area contributed by atoms with Crippen LogP contribution in [-0.2, 0) is 11.4 Å². The lowest BCUT2D eigenvalue weighted by Crippen LogP contribution is -2.21. The molecule has 0 unspecified atom stereocenters. The quantitative estimate of drug-likeness (QED) is 0.884. The third kappa shape index (κ3) is 4.03. The summed E-state index contributed by atoms with van der Waals surface area (Å²) >= 11 is 0. The summed E-state index contributed by atoms with van der Waals surface area (Å²) in [6.07, 6.45) is 0. The van der Waals surface area contributed by atoms with Crippen LogP contribution < -0.4 is 10.1 Å². The molecule has 0 aliphatic rings. The number of aliphatic hydroxyl groups excluding tert-OH is 1. The minimum absolute atomic E-state index is 0.133. The molecular formula is C16H18N2O3. The van der Waals surface area contributed by atoms with E-state index < -0.39 is 0 Å². The second-order valence-electron chi connectivity index (χ2n) is 4.71. The molecule has 0 bridgehead atoms. The summed E-state index contributed by atoms with van der Waals surface area (Å²) < 4.78 is 5.42. The Morgan fingerprint density at radius 1 is 1.24 bits per heavy atom. The first-order valence-corrected chi connectivity index (χ1v) is 6.66. The molecule has 2 N–H and O–H groups in total. The van der Waals surface area contributed by atoms with Crippen LogP contribution in [0.3, 0.4) is 0 Å². The van der Waals surface area contributed by atoms with Crippen molar-refractivity contribution < 1.29 is 14.6 Å². The number of rotatable bonds is 5. The molecule has 1 aromatic carbocycles. The number of hydrogen-bond acceptors (Lipinski definition) is 4. The number of pyridine rings is 1. The van der Waals surface area contributed by atoms with E-state index in [0.717, 1.165) is 16.9 Å². The molecular weight excluding hydrogens is 268 g/mol. The molecule has 0 aliphatic heterocycles. The Bertz CT molecular complexity index is 641. The van der Waals surface area contributed by atoms with Crippen molar-refractivity contribution in [1.29, 1.82) is 0 Å². The molecule has 0 spiro atoms. The number of benzene rings is 1. The van der Waals surface area contributed by atoms with E-state index in [2.05, 4.69) is 10.3 Å². The monoisotopic (exact) mass is 286 g/mol. The number of aromatic nitrogens is 1. The van der Waals surface area contributed by atoms with E-state index in [0.29, 0.717) is 11.4 Å². The molecule has 0 radical (unpaired) electrons. The van der Waals surface area contributed by atoms with Crippen LogP contribution in [0.15, 0.2) is 36.4 Å². The van der Waals surface area contributed by atoms with Gasteiger partial charge in [-0.05, 0) is 37.6 Å². The standard InChI is InChI=1S/C16H18N2O3/c1-11-5-3-4-6-13(11)18-16(20)10-21-15-8-7-12(2)17-14(15)9-19/h3-8,19H,9-10H2,1-2H3,(H,18,20). The SMILES string of the molecule is Cc1ccc(OCC(=O)Nc2ccccc2C)c(CO)n1. The molecule has 2 rings (SSSR count). The number of nitrogens with zero attached hydrogens (tertiary/aromatic N) is 1. The van der Waals surface area contributed by atoms with Crippen molar-refractivity contribution in [2.45, 2.75) is 20.5 Å². The molecule has 0 fully saturated rings. The summed E-state index contributed by atoms with van der Waals surface area (Å²) in [5, 5.41) is 12.0. The lowest BCUT2D eigenvalue weighted by molar-refractivity contribution is -0.118. The summed E-state index contributed by atoms with van der Waals surface area (Å²) in [6, 6.07) is 11.0. The highest BCUT2D eigenvalue weighted by Crippen LogP contribution is 2.17. The average molecular weight is 286 g/mol. The lowest BCUT2D eigenvalue weighted by atomic mass is 10.2. The summed E-state index contributed by atoms with van der Waals surface area (Å²) in [5.74, 6) is 0.164. The summed E-state index contributed by atoms with van der Waals surface area (Å²) in [7, 11) is 0. The molecule has 0 aliphatic carbocycles. The highest BCUT2D eigenvalue weighted by molar-refractivity contribution is 5.92. The number of aliphatic hydroxyl groups is 1. The summed E-state index contributed by atoms with van der Waals surface area (Å²) in [4.78, 5) is 16.0. The van der Waals surface area contributed by atoms with Crippen molar-refractivity contribution in [3.63, 3.8) is 0 Å². The number of aryl methyl sites for hydroxylation is 2. The van der Waals surface area contributed by atoms with Gasteiger partial charge in [-0.1, -0.05) is 18.2 Å². The van der Waals surface area contributed by atoms with Gasteiger partial charge >= 0.3 is 0 Å². The molecule has 5 nitrogen and oxygen atoms in total. The van der Waals surface area contributed by atoms with Gasteiger partial charge in [0.05, 0.1) is 6.61 Å². The maximum absolute atomic E-state index is 11.9. The van der Waals surface area contributed by atoms with Crippen LogP contribution in [-0.4, -0.2) is 22.6 Å². The average Bonchev–Trinajstić information content (AvgIpc) is 2.48. The zero-order chi connectivity index (χ0) is 15.2. The Morgan fingerprint density at radius 2 is 2.00 bits per heavy atom. The third-order valence-corrected chi connectivity index (χ3v) is 3.00. The second kappa shape index (κ2) is 6.85. The number of hydrogen-bond donors (Lipinski definition) is 2. The molecule has 1 aromatic heterocycles. The van der Waals surface area contributed by atoms with Crippen LogP contribution in [0, 0.1) is 13.8 Å². The van der Waals surface area contributed by atoms with Crippen LogP contribution in [0.4, 0.5) is 5.69 Å². The summed E-state index contributed by atoms with van der Waals surface area (Å²) in [5.41, 5.74) is 2.96. The Labute approximate surface area is 123 Å². The topological polar surface area (TPSA) is 71.5 Å². The molecule has 110 valence electrons. The van der Waals surface area contributed by atoms with Crippen molar-refractivity contribution in [3.8, 4) is 5.75 Å². The molecule has 2 aromatic rings. The fourth-order valence-corrected chi connectivity index (χ4v) is 1.89. The first-order chi connectivity index (χ1) is 10.1. The van der Waals surface area contributed by atoms with Crippen molar-refractivity contribution in [1.82, 2.24) is 4.98 Å². The number of carbonyl (C=O) groups excluding carboxylic acids is 1. The third-order valence-electron chi connectivity index (χ3n) is 3.00. The van der Waals surface area contributed by atoms with Crippen LogP contribution in [0.5, 0.6) is 5.75 Å². The van der Waals surface area contributed by atoms with Gasteiger partial charge in [-0.3, -0.25) is 9.78 Å². The summed E-state index contributed by atoms with van der Waals surface area (Å²) in [6.45, 7) is 3.39. The van der Waals surface area contributed by atoms with E-state index >= 15 is 0 Å². The van der Waals surface area contributed by atoms with Crippen molar-refractivity contribution in [3.05, 3.63) is 53.3 Å².